The number of benzene rings is 1. The highest BCUT2D eigenvalue weighted by Gasteiger charge is 2.21. The quantitative estimate of drug-likeness (QED) is 0.768. The monoisotopic (exact) mass is 365 g/mol. The first-order chi connectivity index (χ1) is 9.26. The Labute approximate surface area is 126 Å². The minimum atomic E-state index is -3.75. The van der Waals surface area contributed by atoms with Crippen molar-refractivity contribution in [1.29, 1.82) is 0 Å². The van der Waals surface area contributed by atoms with Crippen LogP contribution in [-0.2, 0) is 14.8 Å². The van der Waals surface area contributed by atoms with Gasteiger partial charge in [0.15, 0.2) is 0 Å². The maximum Gasteiger partial charge on any atom is 0.303 e. The molecular weight excluding hydrogens is 350 g/mol. The second-order valence-corrected chi connectivity index (χ2v) is 7.00. The zero-order valence-electron chi connectivity index (χ0n) is 11.1. The number of rotatable bonds is 7. The molecule has 8 heteroatoms. The lowest BCUT2D eigenvalue weighted by atomic mass is 10.1. The molecule has 1 rings (SSSR count). The van der Waals surface area contributed by atoms with Crippen LogP contribution < -0.4 is 9.46 Å². The molecule has 1 aromatic carbocycles. The number of carboxylic acids is 1. The summed E-state index contributed by atoms with van der Waals surface area (Å²) in [5.74, 6) is -1.04. The topological polar surface area (TPSA) is 92.7 Å². The van der Waals surface area contributed by atoms with Crippen molar-refractivity contribution in [2.75, 3.05) is 13.7 Å². The zero-order valence-corrected chi connectivity index (χ0v) is 13.5. The van der Waals surface area contributed by atoms with E-state index in [9.17, 15) is 13.2 Å². The van der Waals surface area contributed by atoms with Crippen LogP contribution in [0.25, 0.3) is 0 Å². The lowest BCUT2D eigenvalue weighted by Gasteiger charge is -2.13. The molecule has 0 spiro atoms. The maximum atomic E-state index is 12.2. The Balaban J connectivity index is 2.89. The fourth-order valence-corrected chi connectivity index (χ4v) is 3.43. The van der Waals surface area contributed by atoms with Crippen LogP contribution in [0.5, 0.6) is 5.75 Å². The van der Waals surface area contributed by atoms with Crippen molar-refractivity contribution in [1.82, 2.24) is 4.72 Å². The van der Waals surface area contributed by atoms with Gasteiger partial charge in [-0.1, -0.05) is 22.9 Å². The third-order valence-electron chi connectivity index (χ3n) is 2.56. The van der Waals surface area contributed by atoms with Crippen LogP contribution in [0, 0.1) is 5.92 Å². The van der Waals surface area contributed by atoms with Crippen molar-refractivity contribution in [2.24, 2.45) is 5.92 Å². The largest absolute Gasteiger partial charge is 0.495 e. The number of aliphatic carboxylic acids is 1. The van der Waals surface area contributed by atoms with E-state index in [4.69, 9.17) is 9.84 Å². The molecule has 112 valence electrons. The van der Waals surface area contributed by atoms with Gasteiger partial charge in [-0.05, 0) is 24.1 Å². The Morgan fingerprint density at radius 3 is 2.70 bits per heavy atom. The molecule has 0 bridgehead atoms. The van der Waals surface area contributed by atoms with Gasteiger partial charge in [-0.3, -0.25) is 4.79 Å². The molecule has 0 radical (unpaired) electrons. The predicted octanol–water partition coefficient (Wildman–Crippen LogP) is 1.85. The SMILES string of the molecule is COc1ccc(Br)cc1S(=O)(=O)NCC(C)CC(=O)O. The molecule has 0 heterocycles. The number of sulfonamides is 1. The molecular formula is C12H16BrNO5S. The second-order valence-electron chi connectivity index (χ2n) is 4.35. The fourth-order valence-electron chi connectivity index (χ4n) is 1.56. The van der Waals surface area contributed by atoms with Crippen molar-refractivity contribution in [3.8, 4) is 5.75 Å². The van der Waals surface area contributed by atoms with Crippen molar-refractivity contribution >= 4 is 31.9 Å². The average Bonchev–Trinajstić information content (AvgIpc) is 2.36. The Bertz CT molecular complexity index is 588. The van der Waals surface area contributed by atoms with E-state index in [1.54, 1.807) is 19.1 Å². The lowest BCUT2D eigenvalue weighted by molar-refractivity contribution is -0.137. The van der Waals surface area contributed by atoms with Crippen LogP contribution in [0.4, 0.5) is 0 Å². The van der Waals surface area contributed by atoms with Crippen LogP contribution in [0.15, 0.2) is 27.6 Å². The summed E-state index contributed by atoms with van der Waals surface area (Å²) in [6, 6.07) is 4.65. The molecule has 0 fully saturated rings. The van der Waals surface area contributed by atoms with Crippen molar-refractivity contribution in [3.63, 3.8) is 0 Å². The van der Waals surface area contributed by atoms with Gasteiger partial charge < -0.3 is 9.84 Å². The Hall–Kier alpha value is -1.12. The summed E-state index contributed by atoms with van der Waals surface area (Å²) in [6.07, 6.45) is -0.0991. The highest BCUT2D eigenvalue weighted by molar-refractivity contribution is 9.10. The molecule has 0 aliphatic heterocycles. The van der Waals surface area contributed by atoms with E-state index in [-0.39, 0.29) is 29.5 Å². The number of methoxy groups -OCH3 is 1. The maximum absolute atomic E-state index is 12.2. The van der Waals surface area contributed by atoms with Crippen molar-refractivity contribution < 1.29 is 23.1 Å². The number of hydrogen-bond donors (Lipinski definition) is 2. The number of carbonyl (C=O) groups is 1. The van der Waals surface area contributed by atoms with E-state index in [0.29, 0.717) is 4.47 Å². The van der Waals surface area contributed by atoms with Gasteiger partial charge in [0, 0.05) is 17.4 Å². The van der Waals surface area contributed by atoms with Crippen LogP contribution in [0.2, 0.25) is 0 Å². The molecule has 1 unspecified atom stereocenters. The summed E-state index contributed by atoms with van der Waals surface area (Å²) in [5, 5.41) is 8.65. The van der Waals surface area contributed by atoms with E-state index < -0.39 is 16.0 Å². The molecule has 0 amide bonds. The smallest absolute Gasteiger partial charge is 0.303 e. The molecule has 0 aromatic heterocycles. The molecule has 20 heavy (non-hydrogen) atoms. The van der Waals surface area contributed by atoms with E-state index >= 15 is 0 Å². The first kappa shape index (κ1) is 16.9. The fraction of sp³-hybridized carbons (Fsp3) is 0.417. The van der Waals surface area contributed by atoms with Gasteiger partial charge in [0.1, 0.15) is 10.6 Å². The average molecular weight is 366 g/mol. The normalized spacial score (nSPS) is 12.9. The van der Waals surface area contributed by atoms with E-state index in [2.05, 4.69) is 20.7 Å². The number of hydrogen-bond acceptors (Lipinski definition) is 4. The third kappa shape index (κ3) is 4.77. The molecule has 0 aliphatic carbocycles. The highest BCUT2D eigenvalue weighted by Crippen LogP contribution is 2.27. The molecule has 2 N–H and O–H groups in total. The van der Waals surface area contributed by atoms with Gasteiger partial charge in [-0.15, -0.1) is 0 Å². The Morgan fingerprint density at radius 1 is 1.50 bits per heavy atom. The van der Waals surface area contributed by atoms with Gasteiger partial charge in [0.25, 0.3) is 0 Å². The van der Waals surface area contributed by atoms with Crippen LogP contribution in [0.3, 0.4) is 0 Å². The third-order valence-corrected chi connectivity index (χ3v) is 4.50. The lowest BCUT2D eigenvalue weighted by Crippen LogP contribution is -2.29. The zero-order chi connectivity index (χ0) is 15.3. The molecule has 0 saturated carbocycles. The number of halogens is 1. The minimum Gasteiger partial charge on any atom is -0.495 e. The van der Waals surface area contributed by atoms with E-state index in [0.717, 1.165) is 0 Å². The van der Waals surface area contributed by atoms with Crippen LogP contribution in [-0.4, -0.2) is 33.1 Å². The summed E-state index contributed by atoms with van der Waals surface area (Å²) >= 11 is 3.21. The van der Waals surface area contributed by atoms with Crippen LogP contribution >= 0.6 is 15.9 Å². The molecule has 0 saturated heterocycles. The predicted molar refractivity (Wildman–Crippen MR) is 77.3 cm³/mol. The van der Waals surface area contributed by atoms with Gasteiger partial charge >= 0.3 is 5.97 Å². The molecule has 6 nitrogen and oxygen atoms in total. The van der Waals surface area contributed by atoms with Gasteiger partial charge in [0.2, 0.25) is 10.0 Å². The van der Waals surface area contributed by atoms with E-state index in [1.807, 2.05) is 0 Å². The van der Waals surface area contributed by atoms with Gasteiger partial charge in [0.05, 0.1) is 7.11 Å². The van der Waals surface area contributed by atoms with Crippen molar-refractivity contribution in [2.45, 2.75) is 18.2 Å². The minimum absolute atomic E-state index is 0.0110. The summed E-state index contributed by atoms with van der Waals surface area (Å²) in [4.78, 5) is 10.6. The number of nitrogens with one attached hydrogen (secondary N) is 1. The van der Waals surface area contributed by atoms with E-state index in [1.165, 1.54) is 13.2 Å². The highest BCUT2D eigenvalue weighted by atomic mass is 79.9. The Morgan fingerprint density at radius 2 is 2.15 bits per heavy atom. The molecule has 1 aromatic rings. The first-order valence-corrected chi connectivity index (χ1v) is 8.09. The van der Waals surface area contributed by atoms with Crippen molar-refractivity contribution in [3.05, 3.63) is 22.7 Å². The summed E-state index contributed by atoms with van der Waals surface area (Å²) in [7, 11) is -2.37. The summed E-state index contributed by atoms with van der Waals surface area (Å²) in [6.45, 7) is 1.71. The summed E-state index contributed by atoms with van der Waals surface area (Å²) < 4.78 is 32.4. The van der Waals surface area contributed by atoms with Gasteiger partial charge in [-0.2, -0.15) is 0 Å². The standard InChI is InChI=1S/C12H16BrNO5S/c1-8(5-12(15)16)7-14-20(17,18)11-6-9(13)3-4-10(11)19-2/h3-4,6,8,14H,5,7H2,1-2H3,(H,15,16). The Kier molecular flexibility index (Phi) is 5.97. The second kappa shape index (κ2) is 7.05. The first-order valence-electron chi connectivity index (χ1n) is 5.81. The summed E-state index contributed by atoms with van der Waals surface area (Å²) in [5.41, 5.74) is 0. The molecule has 0 aliphatic rings. The number of carboxylic acid groups (broad SMARTS) is 1. The molecule has 1 atom stereocenters. The number of ether oxygens (including phenoxy) is 1. The van der Waals surface area contributed by atoms with Crippen LogP contribution in [0.1, 0.15) is 13.3 Å². The van der Waals surface area contributed by atoms with Gasteiger partial charge in [-0.25, -0.2) is 13.1 Å².